The van der Waals surface area contributed by atoms with Crippen LogP contribution < -0.4 is 5.73 Å². The molecule has 0 spiro atoms. The van der Waals surface area contributed by atoms with Crippen LogP contribution in [0.2, 0.25) is 0 Å². The molecule has 1 aromatic carbocycles. The lowest BCUT2D eigenvalue weighted by Crippen LogP contribution is -2.01. The number of hydrogen-bond donors (Lipinski definition) is 2. The molecule has 4 heteroatoms. The second kappa shape index (κ2) is 10.1. The number of hydrogen-bond acceptors (Lipinski definition) is 3. The molecule has 116 valence electrons. The maximum Gasteiger partial charge on any atom is 0.303 e. The van der Waals surface area contributed by atoms with Crippen LogP contribution in [-0.4, -0.2) is 23.4 Å². The monoisotopic (exact) mass is 291 g/mol. The van der Waals surface area contributed by atoms with Crippen LogP contribution in [0.15, 0.2) is 24.3 Å². The highest BCUT2D eigenvalue weighted by molar-refractivity contribution is 5.96. The molecule has 0 aliphatic carbocycles. The largest absolute Gasteiger partial charge is 0.481 e. The maximum atomic E-state index is 12.0. The first-order chi connectivity index (χ1) is 10.1. The molecule has 1 aromatic rings. The van der Waals surface area contributed by atoms with E-state index in [0.29, 0.717) is 12.8 Å². The fourth-order valence-electron chi connectivity index (χ4n) is 2.21. The third-order valence-corrected chi connectivity index (χ3v) is 3.51. The number of unbranched alkanes of at least 4 members (excludes halogenated alkanes) is 4. The van der Waals surface area contributed by atoms with Gasteiger partial charge in [0.1, 0.15) is 0 Å². The molecule has 3 N–H and O–H groups in total. The molecular weight excluding hydrogens is 266 g/mol. The van der Waals surface area contributed by atoms with Gasteiger partial charge in [0, 0.05) is 18.4 Å². The van der Waals surface area contributed by atoms with E-state index in [9.17, 15) is 9.59 Å². The van der Waals surface area contributed by atoms with Gasteiger partial charge in [0.05, 0.1) is 0 Å². The van der Waals surface area contributed by atoms with Crippen molar-refractivity contribution in [1.29, 1.82) is 0 Å². The Kier molecular flexibility index (Phi) is 8.36. The van der Waals surface area contributed by atoms with E-state index in [4.69, 9.17) is 10.8 Å². The molecule has 0 aromatic heterocycles. The second-order valence-corrected chi connectivity index (χ2v) is 5.32. The van der Waals surface area contributed by atoms with Crippen molar-refractivity contribution >= 4 is 11.8 Å². The zero-order valence-corrected chi connectivity index (χ0v) is 12.5. The van der Waals surface area contributed by atoms with Gasteiger partial charge in [0.15, 0.2) is 5.78 Å². The second-order valence-electron chi connectivity index (χ2n) is 5.32. The van der Waals surface area contributed by atoms with Crippen LogP contribution >= 0.6 is 0 Å². The third-order valence-electron chi connectivity index (χ3n) is 3.51. The summed E-state index contributed by atoms with van der Waals surface area (Å²) in [6.07, 6.45) is 6.54. The first-order valence-electron chi connectivity index (χ1n) is 7.67. The number of aliphatic carboxylic acids is 1. The van der Waals surface area contributed by atoms with E-state index in [2.05, 4.69) is 0 Å². The zero-order chi connectivity index (χ0) is 15.5. The number of ketones is 1. The SMILES string of the molecule is NCCCCCCCC(=O)c1ccc(CCC(=O)O)cc1. The van der Waals surface area contributed by atoms with Crippen molar-refractivity contribution < 1.29 is 14.7 Å². The van der Waals surface area contributed by atoms with Crippen LogP contribution in [0.1, 0.15) is 60.9 Å². The highest BCUT2D eigenvalue weighted by Gasteiger charge is 2.06. The van der Waals surface area contributed by atoms with Crippen molar-refractivity contribution in [2.75, 3.05) is 6.54 Å². The Morgan fingerprint density at radius 2 is 1.52 bits per heavy atom. The fraction of sp³-hybridized carbons (Fsp3) is 0.529. The highest BCUT2D eigenvalue weighted by Crippen LogP contribution is 2.12. The molecule has 0 aliphatic heterocycles. The Morgan fingerprint density at radius 3 is 2.14 bits per heavy atom. The number of carboxylic acid groups (broad SMARTS) is 1. The number of carbonyl (C=O) groups excluding carboxylic acids is 1. The number of aryl methyl sites for hydroxylation is 1. The van der Waals surface area contributed by atoms with Gasteiger partial charge in [-0.3, -0.25) is 9.59 Å². The summed E-state index contributed by atoms with van der Waals surface area (Å²) in [5, 5.41) is 8.63. The summed E-state index contributed by atoms with van der Waals surface area (Å²) < 4.78 is 0. The summed E-state index contributed by atoms with van der Waals surface area (Å²) in [4.78, 5) is 22.5. The van der Waals surface area contributed by atoms with E-state index in [0.717, 1.165) is 49.8 Å². The highest BCUT2D eigenvalue weighted by atomic mass is 16.4. The van der Waals surface area contributed by atoms with Gasteiger partial charge in [-0.25, -0.2) is 0 Å². The molecule has 0 saturated carbocycles. The fourth-order valence-corrected chi connectivity index (χ4v) is 2.21. The van der Waals surface area contributed by atoms with Gasteiger partial charge in [-0.2, -0.15) is 0 Å². The average molecular weight is 291 g/mol. The molecule has 4 nitrogen and oxygen atoms in total. The van der Waals surface area contributed by atoms with Crippen molar-refractivity contribution in [3.63, 3.8) is 0 Å². The van der Waals surface area contributed by atoms with Crippen LogP contribution in [0, 0.1) is 0 Å². The standard InChI is InChI=1S/C17H25NO3/c18-13-5-3-1-2-4-6-16(19)15-10-7-14(8-11-15)9-12-17(20)21/h7-8,10-11H,1-6,9,12-13,18H2,(H,20,21). The lowest BCUT2D eigenvalue weighted by Gasteiger charge is -2.04. The van der Waals surface area contributed by atoms with Crippen molar-refractivity contribution in [3.05, 3.63) is 35.4 Å². The minimum Gasteiger partial charge on any atom is -0.481 e. The Labute approximate surface area is 126 Å². The van der Waals surface area contributed by atoms with Crippen LogP contribution in [0.4, 0.5) is 0 Å². The van der Waals surface area contributed by atoms with E-state index in [1.165, 1.54) is 0 Å². The van der Waals surface area contributed by atoms with Crippen molar-refractivity contribution in [2.45, 2.75) is 51.4 Å². The summed E-state index contributed by atoms with van der Waals surface area (Å²) in [6, 6.07) is 7.29. The number of Topliss-reactive ketones (excluding diaryl/α,β-unsaturated/α-hetero) is 1. The number of rotatable bonds is 11. The third kappa shape index (κ3) is 7.61. The molecule has 0 unspecified atom stereocenters. The molecule has 0 amide bonds. The first-order valence-corrected chi connectivity index (χ1v) is 7.67. The van der Waals surface area contributed by atoms with Crippen LogP contribution in [0.25, 0.3) is 0 Å². The molecule has 0 bridgehead atoms. The van der Waals surface area contributed by atoms with Gasteiger partial charge in [-0.05, 0) is 31.4 Å². The van der Waals surface area contributed by atoms with E-state index in [-0.39, 0.29) is 12.2 Å². The van der Waals surface area contributed by atoms with E-state index in [1.807, 2.05) is 12.1 Å². The number of carboxylic acids is 1. The minimum atomic E-state index is -0.801. The molecule has 0 fully saturated rings. The summed E-state index contributed by atoms with van der Waals surface area (Å²) in [5.41, 5.74) is 7.10. The molecule has 0 saturated heterocycles. The van der Waals surface area contributed by atoms with Crippen molar-refractivity contribution in [3.8, 4) is 0 Å². The minimum absolute atomic E-state index is 0.121. The smallest absolute Gasteiger partial charge is 0.303 e. The molecule has 0 radical (unpaired) electrons. The molecule has 1 rings (SSSR count). The van der Waals surface area contributed by atoms with Gasteiger partial charge in [0.2, 0.25) is 0 Å². The molecule has 21 heavy (non-hydrogen) atoms. The van der Waals surface area contributed by atoms with E-state index in [1.54, 1.807) is 12.1 Å². The predicted octanol–water partition coefficient (Wildman–Crippen LogP) is 3.19. The Bertz CT molecular complexity index is 440. The Hall–Kier alpha value is -1.68. The van der Waals surface area contributed by atoms with Crippen LogP contribution in [-0.2, 0) is 11.2 Å². The summed E-state index contributed by atoms with van der Waals surface area (Å²) in [6.45, 7) is 0.743. The normalized spacial score (nSPS) is 10.5. The summed E-state index contributed by atoms with van der Waals surface area (Å²) in [5.74, 6) is -0.636. The quantitative estimate of drug-likeness (QED) is 0.484. The van der Waals surface area contributed by atoms with Gasteiger partial charge in [0.25, 0.3) is 0 Å². The van der Waals surface area contributed by atoms with Gasteiger partial charge in [-0.1, -0.05) is 43.5 Å². The summed E-state index contributed by atoms with van der Waals surface area (Å²) >= 11 is 0. The van der Waals surface area contributed by atoms with Gasteiger partial charge < -0.3 is 10.8 Å². The maximum absolute atomic E-state index is 12.0. The van der Waals surface area contributed by atoms with Crippen molar-refractivity contribution in [2.24, 2.45) is 5.73 Å². The molecule has 0 heterocycles. The zero-order valence-electron chi connectivity index (χ0n) is 12.5. The van der Waals surface area contributed by atoms with Crippen molar-refractivity contribution in [1.82, 2.24) is 0 Å². The van der Waals surface area contributed by atoms with E-state index >= 15 is 0 Å². The molecule has 0 aliphatic rings. The van der Waals surface area contributed by atoms with E-state index < -0.39 is 5.97 Å². The number of benzene rings is 1. The first kappa shape index (κ1) is 17.4. The lowest BCUT2D eigenvalue weighted by molar-refractivity contribution is -0.136. The topological polar surface area (TPSA) is 80.4 Å². The van der Waals surface area contributed by atoms with Crippen LogP contribution in [0.5, 0.6) is 0 Å². The summed E-state index contributed by atoms with van der Waals surface area (Å²) in [7, 11) is 0. The molecule has 0 atom stereocenters. The predicted molar refractivity (Wildman–Crippen MR) is 83.5 cm³/mol. The Morgan fingerprint density at radius 1 is 0.905 bits per heavy atom. The number of carbonyl (C=O) groups is 2. The average Bonchev–Trinajstić information content (AvgIpc) is 2.49. The lowest BCUT2D eigenvalue weighted by atomic mass is 10.0. The molecular formula is C17H25NO3. The number of nitrogens with two attached hydrogens (primary N) is 1. The Balaban J connectivity index is 2.29. The van der Waals surface area contributed by atoms with Crippen LogP contribution in [0.3, 0.4) is 0 Å². The van der Waals surface area contributed by atoms with Gasteiger partial charge in [-0.15, -0.1) is 0 Å². The van der Waals surface area contributed by atoms with Gasteiger partial charge >= 0.3 is 5.97 Å².